The summed E-state index contributed by atoms with van der Waals surface area (Å²) in [4.78, 5) is 11.2. The average Bonchev–Trinajstić information content (AvgIpc) is 3.06. The Morgan fingerprint density at radius 1 is 1.23 bits per heavy atom. The van der Waals surface area contributed by atoms with E-state index in [2.05, 4.69) is 47.0 Å². The largest absolute Gasteiger partial charge is 0.439 e. The van der Waals surface area contributed by atoms with Gasteiger partial charge in [-0.05, 0) is 31.9 Å². The fraction of sp³-hybridized carbons (Fsp3) is 0.529. The Labute approximate surface area is 131 Å². The molecule has 0 aliphatic carbocycles. The molecular formula is C17H24N4O. The highest BCUT2D eigenvalue weighted by atomic mass is 16.4. The molecule has 0 bridgehead atoms. The Hall–Kier alpha value is -1.72. The lowest BCUT2D eigenvalue weighted by atomic mass is 10.0. The molecule has 0 spiro atoms. The standard InChI is InChI=1S/C17H24N4O/c1-4-13-9-14(11-19-10-13)15-12-20-16(22-15)17(2,3)21-7-5-18-6-8-21/h9-12,18H,4-8H2,1-3H3. The number of aryl methyl sites for hydroxylation is 1. The molecule has 3 heterocycles. The third-order valence-electron chi connectivity index (χ3n) is 4.42. The lowest BCUT2D eigenvalue weighted by molar-refractivity contribution is 0.0783. The summed E-state index contributed by atoms with van der Waals surface area (Å²) in [5.41, 5.74) is 2.00. The van der Waals surface area contributed by atoms with Gasteiger partial charge in [-0.3, -0.25) is 9.88 Å². The van der Waals surface area contributed by atoms with Gasteiger partial charge in [0.05, 0.1) is 11.7 Å². The number of oxazole rings is 1. The number of pyridine rings is 1. The van der Waals surface area contributed by atoms with Crippen LogP contribution >= 0.6 is 0 Å². The van der Waals surface area contributed by atoms with Crippen molar-refractivity contribution < 1.29 is 4.42 Å². The summed E-state index contributed by atoms with van der Waals surface area (Å²) >= 11 is 0. The second-order valence-electron chi connectivity index (χ2n) is 6.26. The van der Waals surface area contributed by atoms with Crippen molar-refractivity contribution in [3.05, 3.63) is 36.1 Å². The predicted molar refractivity (Wildman–Crippen MR) is 86.6 cm³/mol. The van der Waals surface area contributed by atoms with Gasteiger partial charge in [-0.1, -0.05) is 6.92 Å². The van der Waals surface area contributed by atoms with E-state index < -0.39 is 0 Å². The van der Waals surface area contributed by atoms with Crippen LogP contribution in [0.1, 0.15) is 32.2 Å². The molecule has 0 atom stereocenters. The first-order chi connectivity index (χ1) is 10.6. The molecule has 1 N–H and O–H groups in total. The summed E-state index contributed by atoms with van der Waals surface area (Å²) in [6.45, 7) is 10.5. The van der Waals surface area contributed by atoms with Crippen LogP contribution in [0.4, 0.5) is 0 Å². The average molecular weight is 300 g/mol. The number of aromatic nitrogens is 2. The van der Waals surface area contributed by atoms with E-state index in [0.717, 1.165) is 49.8 Å². The Morgan fingerprint density at radius 2 is 2.00 bits per heavy atom. The van der Waals surface area contributed by atoms with E-state index in [1.54, 1.807) is 0 Å². The highest BCUT2D eigenvalue weighted by Crippen LogP contribution is 2.30. The van der Waals surface area contributed by atoms with Crippen LogP contribution in [0, 0.1) is 0 Å². The molecule has 22 heavy (non-hydrogen) atoms. The molecule has 1 fully saturated rings. The highest BCUT2D eigenvalue weighted by molar-refractivity contribution is 5.55. The third-order valence-corrected chi connectivity index (χ3v) is 4.42. The molecule has 5 heteroatoms. The summed E-state index contributed by atoms with van der Waals surface area (Å²) in [5.74, 6) is 1.56. The maximum absolute atomic E-state index is 6.07. The minimum Gasteiger partial charge on any atom is -0.439 e. The van der Waals surface area contributed by atoms with Crippen molar-refractivity contribution in [3.8, 4) is 11.3 Å². The number of rotatable bonds is 4. The SMILES string of the molecule is CCc1cncc(-c2cnc(C(C)(C)N3CCNCC3)o2)c1. The molecule has 2 aromatic heterocycles. The van der Waals surface area contributed by atoms with Gasteiger partial charge in [-0.25, -0.2) is 4.98 Å². The van der Waals surface area contributed by atoms with E-state index in [0.29, 0.717) is 0 Å². The molecular weight excluding hydrogens is 276 g/mol. The van der Waals surface area contributed by atoms with E-state index in [1.807, 2.05) is 18.6 Å². The first-order valence-electron chi connectivity index (χ1n) is 7.97. The Kier molecular flexibility index (Phi) is 4.27. The molecule has 0 unspecified atom stereocenters. The predicted octanol–water partition coefficient (Wildman–Crippen LogP) is 2.44. The molecule has 0 saturated carbocycles. The van der Waals surface area contributed by atoms with Crippen LogP contribution in [0.25, 0.3) is 11.3 Å². The first-order valence-corrected chi connectivity index (χ1v) is 7.97. The first kappa shape index (κ1) is 15.2. The molecule has 3 rings (SSSR count). The quantitative estimate of drug-likeness (QED) is 0.940. The molecule has 118 valence electrons. The maximum atomic E-state index is 6.07. The Morgan fingerprint density at radius 3 is 2.73 bits per heavy atom. The van der Waals surface area contributed by atoms with Gasteiger partial charge >= 0.3 is 0 Å². The van der Waals surface area contributed by atoms with Crippen molar-refractivity contribution in [2.45, 2.75) is 32.7 Å². The minimum absolute atomic E-state index is 0.198. The van der Waals surface area contributed by atoms with Gasteiger partial charge in [0, 0.05) is 44.1 Å². The van der Waals surface area contributed by atoms with Crippen LogP contribution in [0.2, 0.25) is 0 Å². The van der Waals surface area contributed by atoms with Crippen molar-refractivity contribution >= 4 is 0 Å². The molecule has 1 saturated heterocycles. The smallest absolute Gasteiger partial charge is 0.214 e. The highest BCUT2D eigenvalue weighted by Gasteiger charge is 2.34. The number of nitrogens with zero attached hydrogens (tertiary/aromatic N) is 3. The van der Waals surface area contributed by atoms with E-state index in [4.69, 9.17) is 4.42 Å². The van der Waals surface area contributed by atoms with Gasteiger partial charge in [0.15, 0.2) is 5.76 Å². The van der Waals surface area contributed by atoms with Crippen LogP contribution < -0.4 is 5.32 Å². The number of piperazine rings is 1. The van der Waals surface area contributed by atoms with Gasteiger partial charge in [-0.2, -0.15) is 0 Å². The number of nitrogens with one attached hydrogen (secondary N) is 1. The molecule has 0 aromatic carbocycles. The molecule has 5 nitrogen and oxygen atoms in total. The number of hydrogen-bond donors (Lipinski definition) is 1. The fourth-order valence-electron chi connectivity index (χ4n) is 2.87. The molecule has 2 aromatic rings. The minimum atomic E-state index is -0.198. The van der Waals surface area contributed by atoms with Gasteiger partial charge in [-0.15, -0.1) is 0 Å². The Bertz CT molecular complexity index is 629. The zero-order chi connectivity index (χ0) is 15.6. The van der Waals surface area contributed by atoms with Crippen LogP contribution in [-0.4, -0.2) is 41.0 Å². The van der Waals surface area contributed by atoms with Crippen LogP contribution in [0.3, 0.4) is 0 Å². The third kappa shape index (κ3) is 2.91. The van der Waals surface area contributed by atoms with E-state index in [-0.39, 0.29) is 5.54 Å². The van der Waals surface area contributed by atoms with Crippen molar-refractivity contribution in [3.63, 3.8) is 0 Å². The van der Waals surface area contributed by atoms with E-state index in [1.165, 1.54) is 5.56 Å². The molecule has 0 amide bonds. The van der Waals surface area contributed by atoms with Crippen molar-refractivity contribution in [2.75, 3.05) is 26.2 Å². The van der Waals surface area contributed by atoms with E-state index in [9.17, 15) is 0 Å². The normalized spacial score (nSPS) is 16.9. The van der Waals surface area contributed by atoms with Gasteiger partial charge in [0.25, 0.3) is 0 Å². The van der Waals surface area contributed by atoms with Crippen molar-refractivity contribution in [1.82, 2.24) is 20.2 Å². The topological polar surface area (TPSA) is 54.2 Å². The lowest BCUT2D eigenvalue weighted by Crippen LogP contribution is -2.51. The maximum Gasteiger partial charge on any atom is 0.214 e. The lowest BCUT2D eigenvalue weighted by Gasteiger charge is -2.38. The second-order valence-corrected chi connectivity index (χ2v) is 6.26. The molecule has 0 radical (unpaired) electrons. The van der Waals surface area contributed by atoms with Crippen molar-refractivity contribution in [1.29, 1.82) is 0 Å². The van der Waals surface area contributed by atoms with Crippen LogP contribution in [-0.2, 0) is 12.0 Å². The Balaban J connectivity index is 1.86. The summed E-state index contributed by atoms with van der Waals surface area (Å²) in [5, 5.41) is 3.38. The van der Waals surface area contributed by atoms with E-state index >= 15 is 0 Å². The number of hydrogen-bond acceptors (Lipinski definition) is 5. The molecule has 1 aliphatic rings. The zero-order valence-electron chi connectivity index (χ0n) is 13.6. The van der Waals surface area contributed by atoms with Crippen LogP contribution in [0.5, 0.6) is 0 Å². The van der Waals surface area contributed by atoms with Gasteiger partial charge in [0.1, 0.15) is 0 Å². The van der Waals surface area contributed by atoms with Gasteiger partial charge < -0.3 is 9.73 Å². The van der Waals surface area contributed by atoms with Gasteiger partial charge in [0.2, 0.25) is 5.89 Å². The summed E-state index contributed by atoms with van der Waals surface area (Å²) < 4.78 is 6.07. The summed E-state index contributed by atoms with van der Waals surface area (Å²) in [7, 11) is 0. The zero-order valence-corrected chi connectivity index (χ0v) is 13.6. The van der Waals surface area contributed by atoms with Crippen LogP contribution in [0.15, 0.2) is 29.1 Å². The summed E-state index contributed by atoms with van der Waals surface area (Å²) in [6.07, 6.45) is 6.51. The van der Waals surface area contributed by atoms with Crippen molar-refractivity contribution in [2.24, 2.45) is 0 Å². The molecule has 1 aliphatic heterocycles. The summed E-state index contributed by atoms with van der Waals surface area (Å²) in [6, 6.07) is 2.12. The second kappa shape index (κ2) is 6.18. The fourth-order valence-corrected chi connectivity index (χ4v) is 2.87. The monoisotopic (exact) mass is 300 g/mol.